The monoisotopic (exact) mass is 548 g/mol. The van der Waals surface area contributed by atoms with Gasteiger partial charge in [0.15, 0.2) is 5.65 Å². The molecule has 2 fully saturated rings. The van der Waals surface area contributed by atoms with Crippen LogP contribution in [0.25, 0.3) is 5.65 Å². The first kappa shape index (κ1) is 28.7. The van der Waals surface area contributed by atoms with Crippen LogP contribution in [-0.2, 0) is 9.59 Å². The van der Waals surface area contributed by atoms with E-state index in [1.165, 1.54) is 11.2 Å². The average molecular weight is 549 g/mol. The van der Waals surface area contributed by atoms with Gasteiger partial charge in [-0.15, -0.1) is 0 Å². The Morgan fingerprint density at radius 2 is 1.79 bits per heavy atom. The molecule has 0 spiro atoms. The Labute approximate surface area is 226 Å². The van der Waals surface area contributed by atoms with Gasteiger partial charge >= 0.3 is 6.09 Å². The number of carbonyl (C=O) groups is 3. The standard InChI is InChI=1S/C27H38F2N6O4/c1-26(2,3)35(25(38)39)22(24(37)33-13-12-27(28,29)15-33)21(23(36)32(4)5)18-8-6-17(7-9-18)19-10-11-20-30-16-31-34(20)14-19/h10-11,14,16-18,21-22H,6-9,12-13,15H2,1-5H3,(H,38,39)/t17?,18?,21-,22+/m1/s1. The summed E-state index contributed by atoms with van der Waals surface area (Å²) in [6, 6.07) is 2.50. The fourth-order valence-electron chi connectivity index (χ4n) is 6.14. The molecule has 2 aromatic heterocycles. The van der Waals surface area contributed by atoms with E-state index in [1.807, 2.05) is 18.3 Å². The number of alkyl halides is 2. The van der Waals surface area contributed by atoms with E-state index in [0.29, 0.717) is 12.8 Å². The molecule has 1 aliphatic carbocycles. The normalized spacial score (nSPS) is 22.9. The number of pyridine rings is 1. The summed E-state index contributed by atoms with van der Waals surface area (Å²) in [5.74, 6) is -5.25. The van der Waals surface area contributed by atoms with Crippen LogP contribution in [0, 0.1) is 11.8 Å². The molecule has 1 saturated heterocycles. The van der Waals surface area contributed by atoms with Crippen molar-refractivity contribution >= 4 is 23.6 Å². The summed E-state index contributed by atoms with van der Waals surface area (Å²) in [6.07, 6.45) is 4.22. The van der Waals surface area contributed by atoms with Crippen LogP contribution in [-0.4, -0.2) is 97.0 Å². The average Bonchev–Trinajstić information content (AvgIpc) is 3.47. The molecule has 10 nitrogen and oxygen atoms in total. The first-order chi connectivity index (χ1) is 18.2. The number of aromatic nitrogens is 3. The molecule has 0 radical (unpaired) electrons. The molecular weight excluding hydrogens is 510 g/mol. The third-order valence-corrected chi connectivity index (χ3v) is 8.06. The van der Waals surface area contributed by atoms with Gasteiger partial charge in [-0.2, -0.15) is 5.10 Å². The number of rotatable bonds is 6. The minimum absolute atomic E-state index is 0.180. The number of amides is 3. The molecule has 1 N–H and O–H groups in total. The summed E-state index contributed by atoms with van der Waals surface area (Å²) >= 11 is 0. The van der Waals surface area contributed by atoms with Gasteiger partial charge in [-0.3, -0.25) is 14.5 Å². The van der Waals surface area contributed by atoms with Crippen molar-refractivity contribution in [2.45, 2.75) is 76.3 Å². The van der Waals surface area contributed by atoms with Gasteiger partial charge < -0.3 is 14.9 Å². The smallest absolute Gasteiger partial charge is 0.408 e. The molecule has 4 rings (SSSR count). The number of nitrogens with zero attached hydrogens (tertiary/aromatic N) is 6. The number of carbonyl (C=O) groups excluding carboxylic acids is 2. The summed E-state index contributed by atoms with van der Waals surface area (Å²) in [5, 5.41) is 14.5. The molecule has 12 heteroatoms. The molecule has 2 aromatic rings. The fraction of sp³-hybridized carbons (Fsp3) is 0.667. The zero-order valence-electron chi connectivity index (χ0n) is 23.2. The molecular formula is C27H38F2N6O4. The third kappa shape index (κ3) is 5.99. The number of halogens is 2. The van der Waals surface area contributed by atoms with Gasteiger partial charge in [0, 0.05) is 38.8 Å². The predicted octanol–water partition coefficient (Wildman–Crippen LogP) is 3.72. The Morgan fingerprint density at radius 1 is 1.13 bits per heavy atom. The van der Waals surface area contributed by atoms with E-state index in [1.54, 1.807) is 39.4 Å². The summed E-state index contributed by atoms with van der Waals surface area (Å²) in [7, 11) is 3.14. The SMILES string of the molecule is CN(C)C(=O)[C@H](C1CCC(c2ccc3ncnn3c2)CC1)[C@@H](C(=O)N1CCC(F)(F)C1)N(C(=O)O)C(C)(C)C. The van der Waals surface area contributed by atoms with Gasteiger partial charge in [0.25, 0.3) is 5.92 Å². The second-order valence-electron chi connectivity index (χ2n) is 12.0. The first-order valence-corrected chi connectivity index (χ1v) is 13.4. The van der Waals surface area contributed by atoms with E-state index in [0.717, 1.165) is 33.9 Å². The highest BCUT2D eigenvalue weighted by molar-refractivity contribution is 5.93. The molecule has 2 atom stereocenters. The Kier molecular flexibility index (Phi) is 7.86. The van der Waals surface area contributed by atoms with Gasteiger partial charge in [-0.05, 0) is 69.9 Å². The molecule has 2 aliphatic rings. The first-order valence-electron chi connectivity index (χ1n) is 13.4. The van der Waals surface area contributed by atoms with Crippen molar-refractivity contribution in [2.75, 3.05) is 27.2 Å². The Morgan fingerprint density at radius 3 is 2.33 bits per heavy atom. The van der Waals surface area contributed by atoms with Crippen LogP contribution >= 0.6 is 0 Å². The molecule has 3 heterocycles. The molecule has 39 heavy (non-hydrogen) atoms. The number of carboxylic acid groups (broad SMARTS) is 1. The largest absolute Gasteiger partial charge is 0.465 e. The zero-order chi connectivity index (χ0) is 28.7. The lowest BCUT2D eigenvalue weighted by Gasteiger charge is -2.46. The van der Waals surface area contributed by atoms with Gasteiger partial charge in [0.05, 0.1) is 12.5 Å². The minimum Gasteiger partial charge on any atom is -0.465 e. The van der Waals surface area contributed by atoms with E-state index in [9.17, 15) is 28.3 Å². The summed E-state index contributed by atoms with van der Waals surface area (Å²) in [4.78, 5) is 47.8. The molecule has 1 saturated carbocycles. The molecule has 0 bridgehead atoms. The molecule has 3 amide bonds. The summed E-state index contributed by atoms with van der Waals surface area (Å²) < 4.78 is 30.0. The number of hydrogen-bond acceptors (Lipinski definition) is 5. The van der Waals surface area contributed by atoms with Crippen LogP contribution in [0.1, 0.15) is 64.4 Å². The lowest BCUT2D eigenvalue weighted by atomic mass is 9.70. The maximum atomic E-state index is 14.1. The number of hydrogen-bond donors (Lipinski definition) is 1. The van der Waals surface area contributed by atoms with Gasteiger partial charge in [-0.1, -0.05) is 6.07 Å². The van der Waals surface area contributed by atoms with E-state index in [-0.39, 0.29) is 24.3 Å². The molecule has 1 aliphatic heterocycles. The zero-order valence-corrected chi connectivity index (χ0v) is 23.2. The highest BCUT2D eigenvalue weighted by Crippen LogP contribution is 2.42. The molecule has 0 aromatic carbocycles. The van der Waals surface area contributed by atoms with Crippen molar-refractivity contribution in [3.05, 3.63) is 30.2 Å². The van der Waals surface area contributed by atoms with Crippen molar-refractivity contribution < 1.29 is 28.3 Å². The lowest BCUT2D eigenvalue weighted by Crippen LogP contribution is -2.63. The third-order valence-electron chi connectivity index (χ3n) is 8.06. The molecule has 0 unspecified atom stereocenters. The van der Waals surface area contributed by atoms with E-state index in [4.69, 9.17) is 0 Å². The topological polar surface area (TPSA) is 111 Å². The second-order valence-corrected chi connectivity index (χ2v) is 12.0. The van der Waals surface area contributed by atoms with Crippen molar-refractivity contribution in [2.24, 2.45) is 11.8 Å². The quantitative estimate of drug-likeness (QED) is 0.589. The number of fused-ring (bicyclic) bond motifs is 1. The Bertz CT molecular complexity index is 1220. The van der Waals surface area contributed by atoms with Gasteiger partial charge in [0.1, 0.15) is 12.4 Å². The van der Waals surface area contributed by atoms with E-state index < -0.39 is 48.4 Å². The van der Waals surface area contributed by atoms with Crippen LogP contribution in [0.3, 0.4) is 0 Å². The van der Waals surface area contributed by atoms with Crippen LogP contribution in [0.5, 0.6) is 0 Å². The fourth-order valence-corrected chi connectivity index (χ4v) is 6.14. The van der Waals surface area contributed by atoms with Crippen LogP contribution in [0.15, 0.2) is 24.7 Å². The van der Waals surface area contributed by atoms with Gasteiger partial charge in [-0.25, -0.2) is 23.1 Å². The minimum atomic E-state index is -3.04. The second kappa shape index (κ2) is 10.7. The van der Waals surface area contributed by atoms with Crippen molar-refractivity contribution in [1.29, 1.82) is 0 Å². The van der Waals surface area contributed by atoms with Crippen LogP contribution in [0.2, 0.25) is 0 Å². The van der Waals surface area contributed by atoms with Gasteiger partial charge in [0.2, 0.25) is 11.8 Å². The maximum absolute atomic E-state index is 14.1. The highest BCUT2D eigenvalue weighted by Gasteiger charge is 2.52. The van der Waals surface area contributed by atoms with Crippen molar-refractivity contribution in [3.63, 3.8) is 0 Å². The highest BCUT2D eigenvalue weighted by atomic mass is 19.3. The number of likely N-dealkylation sites (tertiary alicyclic amines) is 1. The predicted molar refractivity (Wildman–Crippen MR) is 139 cm³/mol. The van der Waals surface area contributed by atoms with E-state index >= 15 is 0 Å². The lowest BCUT2D eigenvalue weighted by molar-refractivity contribution is -0.151. The Balaban J connectivity index is 1.67. The molecule has 214 valence electrons. The van der Waals surface area contributed by atoms with Crippen molar-refractivity contribution in [1.82, 2.24) is 29.3 Å². The Hall–Kier alpha value is -3.31. The van der Waals surface area contributed by atoms with Crippen LogP contribution in [0.4, 0.5) is 13.6 Å². The summed E-state index contributed by atoms with van der Waals surface area (Å²) in [5.41, 5.74) is 0.786. The maximum Gasteiger partial charge on any atom is 0.408 e. The van der Waals surface area contributed by atoms with E-state index in [2.05, 4.69) is 10.1 Å². The summed E-state index contributed by atoms with van der Waals surface area (Å²) in [6.45, 7) is 3.98. The van der Waals surface area contributed by atoms with Crippen molar-refractivity contribution in [3.8, 4) is 0 Å². The van der Waals surface area contributed by atoms with Crippen LogP contribution < -0.4 is 0 Å².